The number of ether oxygens (including phenoxy) is 1. The molecule has 2 rings (SSSR count). The minimum Gasteiger partial charge on any atom is -0.476 e. The van der Waals surface area contributed by atoms with Gasteiger partial charge in [0.25, 0.3) is 0 Å². The third kappa shape index (κ3) is 4.56. The number of pyridine rings is 1. The van der Waals surface area contributed by atoms with Gasteiger partial charge in [-0.15, -0.1) is 0 Å². The molecule has 112 valence electrons. The Morgan fingerprint density at radius 3 is 2.85 bits per heavy atom. The summed E-state index contributed by atoms with van der Waals surface area (Å²) in [4.78, 5) is 6.92. The second-order valence-electron chi connectivity index (χ2n) is 5.27. The van der Waals surface area contributed by atoms with E-state index in [1.165, 1.54) is 32.4 Å². The first kappa shape index (κ1) is 14.9. The molecule has 0 bridgehead atoms. The highest BCUT2D eigenvalue weighted by molar-refractivity contribution is 5.53. The zero-order chi connectivity index (χ0) is 14.2. The molecule has 0 amide bonds. The number of rotatable bonds is 7. The summed E-state index contributed by atoms with van der Waals surface area (Å²) >= 11 is 0. The van der Waals surface area contributed by atoms with Crippen LogP contribution in [0.4, 0.5) is 11.5 Å². The quantitative estimate of drug-likeness (QED) is 0.801. The number of nitrogen functional groups attached to an aromatic ring is 1. The van der Waals surface area contributed by atoms with Gasteiger partial charge in [0, 0.05) is 13.1 Å². The van der Waals surface area contributed by atoms with Gasteiger partial charge < -0.3 is 20.7 Å². The van der Waals surface area contributed by atoms with Gasteiger partial charge in [-0.2, -0.15) is 4.98 Å². The molecular formula is C15H26N4O. The molecule has 0 saturated carbocycles. The lowest BCUT2D eigenvalue weighted by Gasteiger charge is -2.26. The molecule has 1 aliphatic heterocycles. The number of nitrogens with two attached hydrogens (primary N) is 1. The fourth-order valence-electron chi connectivity index (χ4n) is 2.39. The molecule has 5 heteroatoms. The van der Waals surface area contributed by atoms with E-state index >= 15 is 0 Å². The van der Waals surface area contributed by atoms with Crippen molar-refractivity contribution in [2.45, 2.75) is 32.6 Å². The molecule has 1 aromatic heterocycles. The molecule has 1 saturated heterocycles. The maximum atomic E-state index is 5.85. The Morgan fingerprint density at radius 1 is 1.30 bits per heavy atom. The molecule has 1 aromatic rings. The van der Waals surface area contributed by atoms with Gasteiger partial charge in [0.1, 0.15) is 5.82 Å². The molecule has 5 nitrogen and oxygen atoms in total. The molecule has 1 fully saturated rings. The van der Waals surface area contributed by atoms with Gasteiger partial charge in [-0.1, -0.05) is 13.3 Å². The number of anilines is 2. The van der Waals surface area contributed by atoms with Gasteiger partial charge in [0.15, 0.2) is 0 Å². The molecule has 1 aliphatic rings. The van der Waals surface area contributed by atoms with E-state index in [2.05, 4.69) is 22.1 Å². The fourth-order valence-corrected chi connectivity index (χ4v) is 2.39. The van der Waals surface area contributed by atoms with Crippen LogP contribution in [0.3, 0.4) is 0 Å². The van der Waals surface area contributed by atoms with Crippen LogP contribution in [0.5, 0.6) is 5.88 Å². The van der Waals surface area contributed by atoms with Gasteiger partial charge in [-0.3, -0.25) is 0 Å². The van der Waals surface area contributed by atoms with E-state index < -0.39 is 0 Å². The van der Waals surface area contributed by atoms with E-state index in [0.29, 0.717) is 18.2 Å². The summed E-state index contributed by atoms with van der Waals surface area (Å²) in [7, 11) is 0. The predicted molar refractivity (Wildman–Crippen MR) is 83.2 cm³/mol. The van der Waals surface area contributed by atoms with Crippen LogP contribution in [0, 0.1) is 0 Å². The lowest BCUT2D eigenvalue weighted by molar-refractivity contribution is 0.237. The molecule has 0 unspecified atom stereocenters. The molecule has 0 aliphatic carbocycles. The van der Waals surface area contributed by atoms with Crippen LogP contribution < -0.4 is 15.8 Å². The molecule has 0 aromatic carbocycles. The van der Waals surface area contributed by atoms with Crippen molar-refractivity contribution in [3.05, 3.63) is 12.1 Å². The van der Waals surface area contributed by atoms with Gasteiger partial charge in [0.2, 0.25) is 5.88 Å². The number of likely N-dealkylation sites (tertiary alicyclic amines) is 1. The molecule has 20 heavy (non-hydrogen) atoms. The monoisotopic (exact) mass is 278 g/mol. The van der Waals surface area contributed by atoms with E-state index in [4.69, 9.17) is 10.5 Å². The van der Waals surface area contributed by atoms with Crippen LogP contribution in [0.25, 0.3) is 0 Å². The van der Waals surface area contributed by atoms with Gasteiger partial charge in [0.05, 0.1) is 12.3 Å². The number of hydrogen-bond acceptors (Lipinski definition) is 5. The fraction of sp³-hybridized carbons (Fsp3) is 0.667. The molecular weight excluding hydrogens is 252 g/mol. The standard InChI is InChI=1S/C15H26N4O/c1-2-12-20-15-13(16)6-7-14(18-15)17-8-11-19-9-4-3-5-10-19/h6-7H,2-5,8-12,16H2,1H3,(H,17,18). The minimum atomic E-state index is 0.537. The Hall–Kier alpha value is -1.49. The van der Waals surface area contributed by atoms with Crippen molar-refractivity contribution in [2.24, 2.45) is 0 Å². The zero-order valence-corrected chi connectivity index (χ0v) is 12.4. The second-order valence-corrected chi connectivity index (χ2v) is 5.27. The van der Waals surface area contributed by atoms with Crippen LogP contribution in [-0.4, -0.2) is 42.7 Å². The summed E-state index contributed by atoms with van der Waals surface area (Å²) in [6.45, 7) is 7.14. The number of nitrogens with one attached hydrogen (secondary N) is 1. The van der Waals surface area contributed by atoms with Gasteiger partial charge >= 0.3 is 0 Å². The number of aromatic nitrogens is 1. The summed E-state index contributed by atoms with van der Waals surface area (Å²) in [5.41, 5.74) is 6.45. The minimum absolute atomic E-state index is 0.537. The van der Waals surface area contributed by atoms with Crippen LogP contribution >= 0.6 is 0 Å². The van der Waals surface area contributed by atoms with Crippen molar-refractivity contribution in [1.29, 1.82) is 0 Å². The van der Waals surface area contributed by atoms with E-state index in [0.717, 1.165) is 25.3 Å². The second kappa shape index (κ2) is 7.94. The number of nitrogens with zero attached hydrogens (tertiary/aromatic N) is 2. The molecule has 0 spiro atoms. The average Bonchev–Trinajstić information content (AvgIpc) is 2.49. The molecule has 3 N–H and O–H groups in total. The van der Waals surface area contributed by atoms with Gasteiger partial charge in [-0.25, -0.2) is 0 Å². The van der Waals surface area contributed by atoms with E-state index in [1.54, 1.807) is 0 Å². The number of piperidine rings is 1. The van der Waals surface area contributed by atoms with Crippen molar-refractivity contribution >= 4 is 11.5 Å². The first-order valence-electron chi connectivity index (χ1n) is 7.65. The summed E-state index contributed by atoms with van der Waals surface area (Å²) in [6.07, 6.45) is 4.99. The molecule has 0 radical (unpaired) electrons. The van der Waals surface area contributed by atoms with E-state index in [-0.39, 0.29) is 0 Å². The van der Waals surface area contributed by atoms with Crippen molar-refractivity contribution in [1.82, 2.24) is 9.88 Å². The highest BCUT2D eigenvalue weighted by atomic mass is 16.5. The lowest BCUT2D eigenvalue weighted by atomic mass is 10.1. The maximum Gasteiger partial charge on any atom is 0.239 e. The lowest BCUT2D eigenvalue weighted by Crippen LogP contribution is -2.33. The topological polar surface area (TPSA) is 63.4 Å². The molecule has 2 heterocycles. The zero-order valence-electron chi connectivity index (χ0n) is 12.4. The van der Waals surface area contributed by atoms with E-state index in [9.17, 15) is 0 Å². The van der Waals surface area contributed by atoms with Crippen molar-refractivity contribution in [2.75, 3.05) is 43.8 Å². The Labute approximate surface area is 121 Å². The first-order chi connectivity index (χ1) is 9.79. The average molecular weight is 278 g/mol. The largest absolute Gasteiger partial charge is 0.476 e. The smallest absolute Gasteiger partial charge is 0.239 e. The summed E-state index contributed by atoms with van der Waals surface area (Å²) < 4.78 is 5.54. The van der Waals surface area contributed by atoms with Crippen LogP contribution in [0.15, 0.2) is 12.1 Å². The van der Waals surface area contributed by atoms with Crippen LogP contribution in [-0.2, 0) is 0 Å². The molecule has 0 atom stereocenters. The summed E-state index contributed by atoms with van der Waals surface area (Å²) in [5.74, 6) is 1.37. The van der Waals surface area contributed by atoms with Gasteiger partial charge in [-0.05, 0) is 44.5 Å². The van der Waals surface area contributed by atoms with Crippen molar-refractivity contribution in [3.8, 4) is 5.88 Å². The Balaban J connectivity index is 1.79. The third-order valence-corrected chi connectivity index (χ3v) is 3.52. The van der Waals surface area contributed by atoms with Crippen LogP contribution in [0.2, 0.25) is 0 Å². The Bertz CT molecular complexity index is 405. The normalized spacial score (nSPS) is 16.1. The predicted octanol–water partition coefficient (Wildman–Crippen LogP) is 2.35. The van der Waals surface area contributed by atoms with Crippen LogP contribution in [0.1, 0.15) is 32.6 Å². The van der Waals surface area contributed by atoms with Crippen molar-refractivity contribution in [3.63, 3.8) is 0 Å². The highest BCUT2D eigenvalue weighted by Crippen LogP contribution is 2.20. The number of hydrogen-bond donors (Lipinski definition) is 2. The highest BCUT2D eigenvalue weighted by Gasteiger charge is 2.09. The first-order valence-corrected chi connectivity index (χ1v) is 7.65. The van der Waals surface area contributed by atoms with Crippen molar-refractivity contribution < 1.29 is 4.74 Å². The van der Waals surface area contributed by atoms with E-state index in [1.807, 2.05) is 12.1 Å². The Kier molecular flexibility index (Phi) is 5.92. The summed E-state index contributed by atoms with van der Waals surface area (Å²) in [5, 5.41) is 3.35. The maximum absolute atomic E-state index is 5.85. The Morgan fingerprint density at radius 2 is 2.10 bits per heavy atom. The third-order valence-electron chi connectivity index (χ3n) is 3.52. The SMILES string of the molecule is CCCOc1nc(NCCN2CCCCC2)ccc1N. The summed E-state index contributed by atoms with van der Waals surface area (Å²) in [6, 6.07) is 3.76.